The molecular formula is C26H23ClN6O2. The molecule has 1 N–H and O–H groups in total. The molecule has 0 spiro atoms. The van der Waals surface area contributed by atoms with E-state index in [9.17, 15) is 4.79 Å². The Morgan fingerprint density at radius 2 is 1.86 bits per heavy atom. The molecular weight excluding hydrogens is 464 g/mol. The number of pyridine rings is 1. The molecule has 0 saturated carbocycles. The first kappa shape index (κ1) is 22.6. The number of anilines is 1. The summed E-state index contributed by atoms with van der Waals surface area (Å²) in [5, 5.41) is 13.4. The second-order valence-electron chi connectivity index (χ2n) is 8.13. The molecule has 0 radical (unpaired) electrons. The first-order chi connectivity index (χ1) is 17.0. The van der Waals surface area contributed by atoms with Crippen molar-refractivity contribution in [1.82, 2.24) is 24.5 Å². The van der Waals surface area contributed by atoms with Crippen molar-refractivity contribution in [2.45, 2.75) is 20.0 Å². The van der Waals surface area contributed by atoms with E-state index in [2.05, 4.69) is 20.5 Å². The van der Waals surface area contributed by atoms with Crippen molar-refractivity contribution < 1.29 is 9.53 Å². The summed E-state index contributed by atoms with van der Waals surface area (Å²) in [7, 11) is 1.64. The second kappa shape index (κ2) is 9.60. The van der Waals surface area contributed by atoms with E-state index in [-0.39, 0.29) is 12.5 Å². The van der Waals surface area contributed by atoms with Gasteiger partial charge in [0.1, 0.15) is 12.3 Å². The third-order valence-electron chi connectivity index (χ3n) is 5.68. The van der Waals surface area contributed by atoms with E-state index in [1.165, 1.54) is 0 Å². The number of aryl methyl sites for hydroxylation is 1. The van der Waals surface area contributed by atoms with E-state index in [1.54, 1.807) is 35.1 Å². The van der Waals surface area contributed by atoms with E-state index < -0.39 is 0 Å². The smallest absolute Gasteiger partial charge is 0.246 e. The fraction of sp³-hybridized carbons (Fsp3) is 0.154. The fourth-order valence-corrected chi connectivity index (χ4v) is 4.16. The highest BCUT2D eigenvalue weighted by molar-refractivity contribution is 6.30. The molecule has 0 bridgehead atoms. The SMILES string of the molecule is COc1ccc(-c2ccnc3c2c(C)nn3CC(=O)Nc2cnn(Cc3ccc(Cl)cc3)c2)cc1. The molecule has 3 aromatic heterocycles. The van der Waals surface area contributed by atoms with Crippen molar-refractivity contribution >= 4 is 34.2 Å². The lowest BCUT2D eigenvalue weighted by atomic mass is 10.0. The molecule has 35 heavy (non-hydrogen) atoms. The van der Waals surface area contributed by atoms with Gasteiger partial charge in [-0.2, -0.15) is 10.2 Å². The van der Waals surface area contributed by atoms with Crippen LogP contribution in [-0.4, -0.2) is 37.6 Å². The van der Waals surface area contributed by atoms with Crippen molar-refractivity contribution in [3.05, 3.63) is 89.5 Å². The van der Waals surface area contributed by atoms with Crippen LogP contribution in [0.25, 0.3) is 22.2 Å². The Hall–Kier alpha value is -4.17. The molecule has 0 aliphatic heterocycles. The normalized spacial score (nSPS) is 11.1. The van der Waals surface area contributed by atoms with Gasteiger partial charge in [-0.25, -0.2) is 9.67 Å². The minimum atomic E-state index is -0.211. The van der Waals surface area contributed by atoms with Gasteiger partial charge in [0.05, 0.1) is 31.2 Å². The van der Waals surface area contributed by atoms with Crippen LogP contribution >= 0.6 is 11.6 Å². The molecule has 5 aromatic rings. The van der Waals surface area contributed by atoms with Crippen molar-refractivity contribution in [1.29, 1.82) is 0 Å². The number of carbonyl (C=O) groups is 1. The van der Waals surface area contributed by atoms with Crippen molar-refractivity contribution in [3.63, 3.8) is 0 Å². The number of hydrogen-bond acceptors (Lipinski definition) is 5. The minimum Gasteiger partial charge on any atom is -0.497 e. The number of methoxy groups -OCH3 is 1. The van der Waals surface area contributed by atoms with Gasteiger partial charge in [0.2, 0.25) is 5.91 Å². The van der Waals surface area contributed by atoms with Gasteiger partial charge in [0, 0.05) is 22.8 Å². The van der Waals surface area contributed by atoms with Crippen LogP contribution in [0.15, 0.2) is 73.2 Å². The number of aromatic nitrogens is 5. The lowest BCUT2D eigenvalue weighted by molar-refractivity contribution is -0.116. The molecule has 176 valence electrons. The highest BCUT2D eigenvalue weighted by Gasteiger charge is 2.16. The maximum Gasteiger partial charge on any atom is 0.246 e. The molecule has 0 aliphatic carbocycles. The topological polar surface area (TPSA) is 86.9 Å². The first-order valence-electron chi connectivity index (χ1n) is 11.0. The Balaban J connectivity index is 1.32. The molecule has 0 fully saturated rings. The second-order valence-corrected chi connectivity index (χ2v) is 8.57. The van der Waals surface area contributed by atoms with Gasteiger partial charge in [0.25, 0.3) is 0 Å². The Bertz CT molecular complexity index is 1490. The first-order valence-corrected chi connectivity index (χ1v) is 11.4. The Morgan fingerprint density at radius 1 is 1.09 bits per heavy atom. The van der Waals surface area contributed by atoms with Crippen molar-refractivity contribution in [2.75, 3.05) is 12.4 Å². The van der Waals surface area contributed by atoms with Gasteiger partial charge in [-0.1, -0.05) is 35.9 Å². The van der Waals surface area contributed by atoms with Crippen LogP contribution in [0.1, 0.15) is 11.3 Å². The molecule has 8 nitrogen and oxygen atoms in total. The molecule has 2 aromatic carbocycles. The monoisotopic (exact) mass is 486 g/mol. The van der Waals surface area contributed by atoms with Crippen molar-refractivity contribution in [2.24, 2.45) is 0 Å². The van der Waals surface area contributed by atoms with E-state index >= 15 is 0 Å². The predicted molar refractivity (Wildman–Crippen MR) is 136 cm³/mol. The molecule has 0 atom stereocenters. The number of ether oxygens (including phenoxy) is 1. The Kier molecular flexibility index (Phi) is 6.20. The van der Waals surface area contributed by atoms with Crippen LogP contribution in [0.4, 0.5) is 5.69 Å². The van der Waals surface area contributed by atoms with Crippen LogP contribution in [0.3, 0.4) is 0 Å². The highest BCUT2D eigenvalue weighted by Crippen LogP contribution is 2.31. The average molecular weight is 487 g/mol. The zero-order valence-corrected chi connectivity index (χ0v) is 20.0. The third-order valence-corrected chi connectivity index (χ3v) is 5.93. The predicted octanol–water partition coefficient (Wildman–Crippen LogP) is 4.95. The molecule has 1 amide bonds. The summed E-state index contributed by atoms with van der Waals surface area (Å²) < 4.78 is 8.65. The number of amides is 1. The summed E-state index contributed by atoms with van der Waals surface area (Å²) in [4.78, 5) is 17.3. The number of benzene rings is 2. The highest BCUT2D eigenvalue weighted by atomic mass is 35.5. The number of rotatable bonds is 7. The van der Waals surface area contributed by atoms with E-state index in [0.717, 1.165) is 33.5 Å². The van der Waals surface area contributed by atoms with E-state index in [1.807, 2.05) is 61.5 Å². The average Bonchev–Trinajstić information content (AvgIpc) is 3.44. The van der Waals surface area contributed by atoms with Gasteiger partial charge < -0.3 is 10.1 Å². The summed E-state index contributed by atoms with van der Waals surface area (Å²) >= 11 is 5.95. The van der Waals surface area contributed by atoms with Crippen molar-refractivity contribution in [3.8, 4) is 16.9 Å². The van der Waals surface area contributed by atoms with Gasteiger partial charge in [-0.15, -0.1) is 0 Å². The summed E-state index contributed by atoms with van der Waals surface area (Å²) in [5.74, 6) is 0.580. The summed E-state index contributed by atoms with van der Waals surface area (Å²) in [6, 6.07) is 17.4. The van der Waals surface area contributed by atoms with Crippen LogP contribution in [0.5, 0.6) is 5.75 Å². The van der Waals surface area contributed by atoms with Gasteiger partial charge in [-0.05, 0) is 53.9 Å². The quantitative estimate of drug-likeness (QED) is 0.351. The molecule has 5 rings (SSSR count). The zero-order valence-electron chi connectivity index (χ0n) is 19.3. The Morgan fingerprint density at radius 3 is 2.60 bits per heavy atom. The third kappa shape index (κ3) is 4.88. The fourth-order valence-electron chi connectivity index (χ4n) is 4.03. The number of nitrogens with zero attached hydrogens (tertiary/aromatic N) is 5. The minimum absolute atomic E-state index is 0.0335. The van der Waals surface area contributed by atoms with Crippen LogP contribution in [0, 0.1) is 6.92 Å². The molecule has 0 aliphatic rings. The maximum absolute atomic E-state index is 12.8. The summed E-state index contributed by atoms with van der Waals surface area (Å²) in [6.45, 7) is 2.53. The van der Waals surface area contributed by atoms with E-state index in [0.29, 0.717) is 22.9 Å². The lowest BCUT2D eigenvalue weighted by Crippen LogP contribution is -2.19. The summed E-state index contributed by atoms with van der Waals surface area (Å²) in [5.41, 5.74) is 5.17. The standard InChI is InChI=1S/C26H23ClN6O2/c1-17-25-23(19-5-9-22(35-2)10-6-19)11-12-28-26(25)33(31-17)16-24(34)30-21-13-29-32(15-21)14-18-3-7-20(27)8-4-18/h3-13,15H,14,16H2,1-2H3,(H,30,34). The largest absolute Gasteiger partial charge is 0.497 e. The van der Waals surface area contributed by atoms with Crippen LogP contribution < -0.4 is 10.1 Å². The van der Waals surface area contributed by atoms with Gasteiger partial charge in [-0.3, -0.25) is 9.48 Å². The number of fused-ring (bicyclic) bond motifs is 1. The zero-order chi connectivity index (χ0) is 24.4. The van der Waals surface area contributed by atoms with E-state index in [4.69, 9.17) is 16.3 Å². The Labute approximate surface area is 207 Å². The van der Waals surface area contributed by atoms with Gasteiger partial charge >= 0.3 is 0 Å². The lowest BCUT2D eigenvalue weighted by Gasteiger charge is -2.07. The number of hydrogen-bond donors (Lipinski definition) is 1. The molecule has 3 heterocycles. The van der Waals surface area contributed by atoms with Crippen LogP contribution in [-0.2, 0) is 17.9 Å². The molecule has 9 heteroatoms. The number of nitrogens with one attached hydrogen (secondary N) is 1. The van der Waals surface area contributed by atoms with Crippen LogP contribution in [0.2, 0.25) is 5.02 Å². The molecule has 0 saturated heterocycles. The van der Waals surface area contributed by atoms with Gasteiger partial charge in [0.15, 0.2) is 5.65 Å². The summed E-state index contributed by atoms with van der Waals surface area (Å²) in [6.07, 6.45) is 5.15. The number of halogens is 1. The maximum atomic E-state index is 12.8. The number of carbonyl (C=O) groups excluding carboxylic acids is 1. The molecule has 0 unspecified atom stereocenters.